The number of para-hydroxylation sites is 2. The highest BCUT2D eigenvalue weighted by molar-refractivity contribution is 6.13. The summed E-state index contributed by atoms with van der Waals surface area (Å²) in [6, 6.07) is 74.8. The van der Waals surface area contributed by atoms with Gasteiger partial charge in [0.25, 0.3) is 0 Å². The number of fused-ring (bicyclic) bond motifs is 7. The van der Waals surface area contributed by atoms with Gasteiger partial charge in [0.1, 0.15) is 17.3 Å². The lowest BCUT2D eigenvalue weighted by atomic mass is 9.90. The average molecular weight is 812 g/mol. The Morgan fingerprint density at radius 3 is 1.86 bits per heavy atom. The Morgan fingerprint density at radius 2 is 1.11 bits per heavy atom. The SMILES string of the molecule is CN1C(c2cccc3oc4ccc(-c5ccc(-c6ccc7c(c6)c6ccccc6n7-c6ccccc6)c6ccccc56)cc4c23)CCCC(c2ccccc2)=NC1c1ccccc1. The molecule has 4 heteroatoms. The molecule has 12 rings (SSSR count). The van der Waals surface area contributed by atoms with E-state index in [4.69, 9.17) is 9.41 Å². The highest BCUT2D eigenvalue weighted by Gasteiger charge is 2.30. The molecule has 2 aromatic heterocycles. The van der Waals surface area contributed by atoms with Crippen LogP contribution in [0, 0.1) is 0 Å². The van der Waals surface area contributed by atoms with E-state index in [-0.39, 0.29) is 12.2 Å². The van der Waals surface area contributed by atoms with Crippen molar-refractivity contribution in [2.75, 3.05) is 7.05 Å². The van der Waals surface area contributed by atoms with Gasteiger partial charge in [0.15, 0.2) is 0 Å². The Morgan fingerprint density at radius 1 is 0.492 bits per heavy atom. The molecule has 0 spiro atoms. The lowest BCUT2D eigenvalue weighted by Gasteiger charge is -2.36. The van der Waals surface area contributed by atoms with Crippen molar-refractivity contribution in [1.82, 2.24) is 9.47 Å². The first-order valence-electron chi connectivity index (χ1n) is 22.1. The van der Waals surface area contributed by atoms with Crippen molar-refractivity contribution >= 4 is 60.2 Å². The van der Waals surface area contributed by atoms with Crippen LogP contribution in [-0.4, -0.2) is 22.2 Å². The molecule has 3 heterocycles. The summed E-state index contributed by atoms with van der Waals surface area (Å²) in [6.07, 6.45) is 2.82. The third-order valence-corrected chi connectivity index (χ3v) is 13.4. The Kier molecular flexibility index (Phi) is 9.12. The molecule has 0 fully saturated rings. The maximum Gasteiger partial charge on any atom is 0.135 e. The second kappa shape index (κ2) is 15.4. The van der Waals surface area contributed by atoms with Crippen molar-refractivity contribution in [3.8, 4) is 27.9 Å². The molecule has 0 saturated heterocycles. The van der Waals surface area contributed by atoms with Gasteiger partial charge in [-0.1, -0.05) is 158 Å². The molecular formula is C59H45N3O. The van der Waals surface area contributed by atoms with Gasteiger partial charge in [-0.3, -0.25) is 9.89 Å². The van der Waals surface area contributed by atoms with Crippen LogP contribution in [0.25, 0.3) is 82.5 Å². The van der Waals surface area contributed by atoms with Gasteiger partial charge in [-0.2, -0.15) is 0 Å². The molecule has 63 heavy (non-hydrogen) atoms. The third kappa shape index (κ3) is 6.37. The van der Waals surface area contributed by atoms with E-state index in [1.807, 2.05) is 0 Å². The molecule has 0 aliphatic carbocycles. The zero-order valence-corrected chi connectivity index (χ0v) is 35.2. The van der Waals surface area contributed by atoms with E-state index in [1.165, 1.54) is 88.3 Å². The van der Waals surface area contributed by atoms with E-state index in [0.29, 0.717) is 0 Å². The number of hydrogen-bond acceptors (Lipinski definition) is 3. The normalized spacial score (nSPS) is 16.2. The maximum absolute atomic E-state index is 6.66. The summed E-state index contributed by atoms with van der Waals surface area (Å²) < 4.78 is 9.04. The summed E-state index contributed by atoms with van der Waals surface area (Å²) in [7, 11) is 2.25. The standard InChI is InChI=1S/C59H45N3O/c1-61-53(29-16-27-52(39-17-5-2-6-18-39)60-59(61)40-19-7-3-8-20-40)49-26-15-30-57-58(49)51-38-42(32-36-56(51)63-57)45-34-33-44(46-23-11-12-24-47(45)46)41-31-35-55-50(37-41)48-25-13-14-28-54(48)62(55)43-21-9-4-10-22-43/h2-15,17-26,28,30-38,53,59H,16,27,29H2,1H3. The van der Waals surface area contributed by atoms with Crippen LogP contribution in [0.2, 0.25) is 0 Å². The predicted molar refractivity (Wildman–Crippen MR) is 263 cm³/mol. The van der Waals surface area contributed by atoms with E-state index in [9.17, 15) is 0 Å². The molecular weight excluding hydrogens is 767 g/mol. The van der Waals surface area contributed by atoms with Crippen LogP contribution in [0.3, 0.4) is 0 Å². The Balaban J connectivity index is 0.965. The van der Waals surface area contributed by atoms with Crippen molar-refractivity contribution in [1.29, 1.82) is 0 Å². The number of rotatable bonds is 6. The largest absolute Gasteiger partial charge is 0.456 e. The van der Waals surface area contributed by atoms with Gasteiger partial charge in [-0.05, 0) is 125 Å². The molecule has 11 aromatic rings. The average Bonchev–Trinajstić information content (AvgIpc) is 3.89. The highest BCUT2D eigenvalue weighted by atomic mass is 16.3. The topological polar surface area (TPSA) is 33.7 Å². The Hall–Kier alpha value is -7.53. The van der Waals surface area contributed by atoms with Gasteiger partial charge in [0.05, 0.1) is 11.0 Å². The van der Waals surface area contributed by atoms with E-state index in [2.05, 4.69) is 223 Å². The minimum absolute atomic E-state index is 0.128. The maximum atomic E-state index is 6.66. The summed E-state index contributed by atoms with van der Waals surface area (Å²) >= 11 is 0. The summed E-state index contributed by atoms with van der Waals surface area (Å²) in [4.78, 5) is 8.02. The Bertz CT molecular complexity index is 3510. The first-order chi connectivity index (χ1) is 31.2. The van der Waals surface area contributed by atoms with Gasteiger partial charge in [0.2, 0.25) is 0 Å². The van der Waals surface area contributed by atoms with Gasteiger partial charge in [0, 0.05) is 39.0 Å². The Labute approximate surface area is 367 Å². The van der Waals surface area contributed by atoms with Crippen LogP contribution < -0.4 is 0 Å². The van der Waals surface area contributed by atoms with Crippen molar-refractivity contribution < 1.29 is 4.42 Å². The zero-order valence-electron chi connectivity index (χ0n) is 35.2. The van der Waals surface area contributed by atoms with E-state index in [0.717, 1.165) is 35.8 Å². The van der Waals surface area contributed by atoms with Gasteiger partial charge < -0.3 is 8.98 Å². The van der Waals surface area contributed by atoms with E-state index < -0.39 is 0 Å². The third-order valence-electron chi connectivity index (χ3n) is 13.4. The zero-order chi connectivity index (χ0) is 41.9. The van der Waals surface area contributed by atoms with Crippen molar-refractivity contribution in [3.63, 3.8) is 0 Å². The second-order valence-corrected chi connectivity index (χ2v) is 17.0. The molecule has 0 amide bonds. The fraction of sp³-hybridized carbons (Fsp3) is 0.102. The van der Waals surface area contributed by atoms with E-state index >= 15 is 0 Å². The van der Waals surface area contributed by atoms with Crippen LogP contribution in [0.4, 0.5) is 0 Å². The lowest BCUT2D eigenvalue weighted by molar-refractivity contribution is 0.165. The van der Waals surface area contributed by atoms with Gasteiger partial charge in [-0.15, -0.1) is 0 Å². The monoisotopic (exact) mass is 811 g/mol. The summed E-state index contributed by atoms with van der Waals surface area (Å²) in [5.41, 5.74) is 15.1. The summed E-state index contributed by atoms with van der Waals surface area (Å²) in [6.45, 7) is 0. The van der Waals surface area contributed by atoms with Crippen LogP contribution in [0.1, 0.15) is 48.2 Å². The van der Waals surface area contributed by atoms with Crippen LogP contribution >= 0.6 is 0 Å². The van der Waals surface area contributed by atoms with Crippen molar-refractivity contribution in [3.05, 3.63) is 223 Å². The number of benzene rings is 9. The number of aromatic nitrogens is 1. The minimum atomic E-state index is -0.135. The molecule has 1 aliphatic heterocycles. The first kappa shape index (κ1) is 37.2. The fourth-order valence-corrected chi connectivity index (χ4v) is 10.4. The minimum Gasteiger partial charge on any atom is -0.456 e. The van der Waals surface area contributed by atoms with E-state index in [1.54, 1.807) is 0 Å². The van der Waals surface area contributed by atoms with Gasteiger partial charge >= 0.3 is 0 Å². The highest BCUT2D eigenvalue weighted by Crippen LogP contribution is 2.44. The molecule has 0 radical (unpaired) electrons. The smallest absolute Gasteiger partial charge is 0.135 e. The van der Waals surface area contributed by atoms with Crippen molar-refractivity contribution in [2.45, 2.75) is 31.5 Å². The molecule has 1 aliphatic rings. The number of furan rings is 1. The van der Waals surface area contributed by atoms with Crippen molar-refractivity contribution in [2.24, 2.45) is 4.99 Å². The molecule has 302 valence electrons. The fourth-order valence-electron chi connectivity index (χ4n) is 10.4. The molecule has 2 unspecified atom stereocenters. The molecule has 2 atom stereocenters. The lowest BCUT2D eigenvalue weighted by Crippen LogP contribution is -2.31. The molecule has 0 bridgehead atoms. The van der Waals surface area contributed by atoms with Crippen LogP contribution in [0.5, 0.6) is 0 Å². The quantitative estimate of drug-likeness (QED) is 0.168. The summed E-state index contributed by atoms with van der Waals surface area (Å²) in [5, 5.41) is 7.30. The first-order valence-corrected chi connectivity index (χ1v) is 22.1. The number of aliphatic imine (C=N–C) groups is 1. The molecule has 4 nitrogen and oxygen atoms in total. The van der Waals surface area contributed by atoms with Crippen LogP contribution in [0.15, 0.2) is 216 Å². The summed E-state index contributed by atoms with van der Waals surface area (Å²) in [5.74, 6) is 0. The molecule has 0 N–H and O–H groups in total. The van der Waals surface area contributed by atoms with Gasteiger partial charge in [-0.25, -0.2) is 0 Å². The second-order valence-electron chi connectivity index (χ2n) is 17.0. The molecule has 9 aromatic carbocycles. The van der Waals surface area contributed by atoms with Crippen LogP contribution in [-0.2, 0) is 0 Å². The predicted octanol–water partition coefficient (Wildman–Crippen LogP) is 15.5. The number of nitrogens with zero attached hydrogens (tertiary/aromatic N) is 3. The number of hydrogen-bond donors (Lipinski definition) is 0. The molecule has 0 saturated carbocycles.